The highest BCUT2D eigenvalue weighted by Crippen LogP contribution is 2.27. The molecule has 0 aliphatic carbocycles. The Bertz CT molecular complexity index is 891. The van der Waals surface area contributed by atoms with Gasteiger partial charge < -0.3 is 5.32 Å². The van der Waals surface area contributed by atoms with Gasteiger partial charge >= 0.3 is 6.03 Å². The van der Waals surface area contributed by atoms with Crippen molar-refractivity contribution in [3.8, 4) is 10.6 Å². The molecule has 1 aliphatic rings. The molecule has 8 nitrogen and oxygen atoms in total. The second-order valence-electron chi connectivity index (χ2n) is 6.44. The molecular weight excluding hydrogens is 366 g/mol. The molecule has 2 N–H and O–H groups in total. The molecule has 1 aliphatic heterocycles. The molecule has 0 unspecified atom stereocenters. The van der Waals surface area contributed by atoms with E-state index in [2.05, 4.69) is 20.8 Å². The van der Waals surface area contributed by atoms with Gasteiger partial charge in [-0.05, 0) is 25.8 Å². The van der Waals surface area contributed by atoms with E-state index in [1.807, 2.05) is 45.0 Å². The van der Waals surface area contributed by atoms with Gasteiger partial charge in [0, 0.05) is 5.56 Å². The van der Waals surface area contributed by atoms with Crippen LogP contribution >= 0.6 is 11.3 Å². The smallest absolute Gasteiger partial charge is 0.323 e. The third kappa shape index (κ3) is 3.68. The summed E-state index contributed by atoms with van der Waals surface area (Å²) >= 11 is 1.23. The predicted octanol–water partition coefficient (Wildman–Crippen LogP) is 2.56. The lowest BCUT2D eigenvalue weighted by Crippen LogP contribution is -2.46. The van der Waals surface area contributed by atoms with Crippen LogP contribution in [0.2, 0.25) is 0 Å². The minimum Gasteiger partial charge on any atom is -0.323 e. The molecular formula is C18H21N5O3S. The molecule has 1 fully saturated rings. The van der Waals surface area contributed by atoms with Crippen molar-refractivity contribution in [3.63, 3.8) is 0 Å². The van der Waals surface area contributed by atoms with E-state index in [-0.39, 0.29) is 12.5 Å². The summed E-state index contributed by atoms with van der Waals surface area (Å²) in [5.74, 6) is -0.862. The summed E-state index contributed by atoms with van der Waals surface area (Å²) in [5.41, 5.74) is 1.10. The van der Waals surface area contributed by atoms with Crippen molar-refractivity contribution >= 4 is 34.3 Å². The number of amides is 4. The number of urea groups is 1. The van der Waals surface area contributed by atoms with Crippen LogP contribution in [-0.4, -0.2) is 45.0 Å². The minimum absolute atomic E-state index is 0.320. The molecule has 3 rings (SSSR count). The number of aromatic nitrogens is 2. The van der Waals surface area contributed by atoms with E-state index in [1.54, 1.807) is 0 Å². The first kappa shape index (κ1) is 19.0. The molecule has 0 atom stereocenters. The van der Waals surface area contributed by atoms with Gasteiger partial charge in [0.05, 0.1) is 0 Å². The van der Waals surface area contributed by atoms with Crippen LogP contribution in [0.5, 0.6) is 0 Å². The van der Waals surface area contributed by atoms with Crippen molar-refractivity contribution in [1.29, 1.82) is 0 Å². The topological polar surface area (TPSA) is 104 Å². The van der Waals surface area contributed by atoms with Crippen LogP contribution in [-0.2, 0) is 9.59 Å². The molecule has 9 heteroatoms. The highest BCUT2D eigenvalue weighted by atomic mass is 32.1. The molecule has 1 saturated heterocycles. The third-order valence-electron chi connectivity index (χ3n) is 4.69. The molecule has 1 aromatic carbocycles. The van der Waals surface area contributed by atoms with Crippen LogP contribution < -0.4 is 10.6 Å². The van der Waals surface area contributed by atoms with Crippen molar-refractivity contribution in [2.45, 2.75) is 39.2 Å². The van der Waals surface area contributed by atoms with Gasteiger partial charge in [-0.1, -0.05) is 48.9 Å². The maximum Gasteiger partial charge on any atom is 0.325 e. The molecule has 1 aromatic heterocycles. The predicted molar refractivity (Wildman–Crippen MR) is 102 cm³/mol. The fourth-order valence-corrected chi connectivity index (χ4v) is 3.78. The Kier molecular flexibility index (Phi) is 5.22. The molecule has 0 saturated carbocycles. The lowest BCUT2D eigenvalue weighted by Gasteiger charge is -2.22. The van der Waals surface area contributed by atoms with Gasteiger partial charge in [0.15, 0.2) is 0 Å². The zero-order valence-electron chi connectivity index (χ0n) is 15.4. The van der Waals surface area contributed by atoms with Gasteiger partial charge in [-0.25, -0.2) is 4.79 Å². The van der Waals surface area contributed by atoms with Gasteiger partial charge in [0.2, 0.25) is 11.0 Å². The fraction of sp³-hybridized carbons (Fsp3) is 0.389. The first-order valence-corrected chi connectivity index (χ1v) is 9.54. The summed E-state index contributed by atoms with van der Waals surface area (Å²) in [4.78, 5) is 37.9. The van der Waals surface area contributed by atoms with Crippen molar-refractivity contribution in [2.75, 3.05) is 11.9 Å². The van der Waals surface area contributed by atoms with Crippen LogP contribution in [0.1, 0.15) is 32.3 Å². The Morgan fingerprint density at radius 1 is 1.26 bits per heavy atom. The van der Waals surface area contributed by atoms with E-state index in [0.717, 1.165) is 16.0 Å². The summed E-state index contributed by atoms with van der Waals surface area (Å²) in [5, 5.41) is 14.4. The number of imide groups is 1. The van der Waals surface area contributed by atoms with Crippen molar-refractivity contribution in [1.82, 2.24) is 20.4 Å². The third-order valence-corrected chi connectivity index (χ3v) is 5.58. The number of hydrogen-bond donors (Lipinski definition) is 2. The van der Waals surface area contributed by atoms with E-state index < -0.39 is 17.5 Å². The molecule has 0 radical (unpaired) electrons. The average Bonchev–Trinajstić information content (AvgIpc) is 3.20. The van der Waals surface area contributed by atoms with Crippen LogP contribution in [0.3, 0.4) is 0 Å². The molecule has 0 bridgehead atoms. The molecule has 4 amide bonds. The number of benzene rings is 1. The lowest BCUT2D eigenvalue weighted by molar-refractivity contribution is -0.134. The largest absolute Gasteiger partial charge is 0.325 e. The molecule has 27 heavy (non-hydrogen) atoms. The Balaban J connectivity index is 1.67. The first-order valence-electron chi connectivity index (χ1n) is 8.73. The molecule has 2 heterocycles. The second-order valence-corrected chi connectivity index (χ2v) is 7.42. The highest BCUT2D eigenvalue weighted by Gasteiger charge is 2.49. The monoisotopic (exact) mass is 387 g/mol. The van der Waals surface area contributed by atoms with E-state index in [0.29, 0.717) is 23.0 Å². The Morgan fingerprint density at radius 3 is 2.63 bits per heavy atom. The van der Waals surface area contributed by atoms with Crippen molar-refractivity contribution < 1.29 is 14.4 Å². The van der Waals surface area contributed by atoms with Gasteiger partial charge in [0.25, 0.3) is 5.91 Å². The molecule has 142 valence electrons. The fourth-order valence-electron chi connectivity index (χ4n) is 3.02. The van der Waals surface area contributed by atoms with Crippen LogP contribution in [0, 0.1) is 6.92 Å². The number of nitrogens with zero attached hydrogens (tertiary/aromatic N) is 3. The quantitative estimate of drug-likeness (QED) is 0.741. The van der Waals surface area contributed by atoms with Gasteiger partial charge in [-0.3, -0.25) is 19.8 Å². The number of aryl methyl sites for hydroxylation is 1. The summed E-state index contributed by atoms with van der Waals surface area (Å²) in [7, 11) is 0. The summed E-state index contributed by atoms with van der Waals surface area (Å²) in [6, 6.07) is 7.26. The van der Waals surface area contributed by atoms with E-state index >= 15 is 0 Å². The van der Waals surface area contributed by atoms with Crippen LogP contribution in [0.25, 0.3) is 10.6 Å². The van der Waals surface area contributed by atoms with Crippen molar-refractivity contribution in [3.05, 3.63) is 29.8 Å². The van der Waals surface area contributed by atoms with E-state index in [9.17, 15) is 14.4 Å². The number of carbonyl (C=O) groups is 3. The Morgan fingerprint density at radius 2 is 2.00 bits per heavy atom. The number of nitrogens with one attached hydrogen (secondary N) is 2. The normalized spacial score (nSPS) is 15.7. The number of anilines is 1. The van der Waals surface area contributed by atoms with Crippen molar-refractivity contribution in [2.24, 2.45) is 0 Å². The van der Waals surface area contributed by atoms with Gasteiger partial charge in [-0.2, -0.15) is 0 Å². The lowest BCUT2D eigenvalue weighted by atomic mass is 9.93. The highest BCUT2D eigenvalue weighted by molar-refractivity contribution is 7.18. The first-order chi connectivity index (χ1) is 12.9. The molecule has 0 spiro atoms. The van der Waals surface area contributed by atoms with Gasteiger partial charge in [-0.15, -0.1) is 10.2 Å². The van der Waals surface area contributed by atoms with Gasteiger partial charge in [0.1, 0.15) is 17.1 Å². The van der Waals surface area contributed by atoms with Crippen LogP contribution in [0.15, 0.2) is 24.3 Å². The Hall–Kier alpha value is -2.81. The number of carbonyl (C=O) groups excluding carboxylic acids is 3. The van der Waals surface area contributed by atoms with E-state index in [4.69, 9.17) is 0 Å². The zero-order valence-corrected chi connectivity index (χ0v) is 16.2. The zero-order chi connectivity index (χ0) is 19.6. The van der Waals surface area contributed by atoms with Crippen LogP contribution in [0.4, 0.5) is 9.93 Å². The van der Waals surface area contributed by atoms with E-state index in [1.165, 1.54) is 11.3 Å². The Labute approximate surface area is 161 Å². The summed E-state index contributed by atoms with van der Waals surface area (Å²) < 4.78 is 0. The maximum atomic E-state index is 12.5. The maximum absolute atomic E-state index is 12.5. The summed E-state index contributed by atoms with van der Waals surface area (Å²) in [6.45, 7) is 5.29. The molecule has 2 aromatic rings. The SMILES string of the molecule is CCC1(CC)NC(=O)N(CC(=O)Nc2nnc(-c3cccc(C)c3)s2)C1=O. The summed E-state index contributed by atoms with van der Waals surface area (Å²) in [6.07, 6.45) is 0.949. The number of rotatable bonds is 6. The number of hydrogen-bond acceptors (Lipinski definition) is 6. The average molecular weight is 387 g/mol. The standard InChI is InChI=1S/C18H21N5O3S/c1-4-18(5-2)15(25)23(17(26)20-18)10-13(24)19-16-22-21-14(27-16)12-8-6-7-11(3)9-12/h6-9H,4-5,10H2,1-3H3,(H,20,26)(H,19,22,24). The second kappa shape index (κ2) is 7.43. The minimum atomic E-state index is -0.918.